The molecular formula is C24H26N6O2. The van der Waals surface area contributed by atoms with Crippen molar-refractivity contribution in [2.45, 2.75) is 26.8 Å². The quantitative estimate of drug-likeness (QED) is 0.461. The van der Waals surface area contributed by atoms with Crippen molar-refractivity contribution in [1.29, 1.82) is 0 Å². The number of pyridine rings is 1. The Labute approximate surface area is 187 Å². The van der Waals surface area contributed by atoms with E-state index < -0.39 is 0 Å². The number of methoxy groups -OCH3 is 2. The predicted molar refractivity (Wildman–Crippen MR) is 123 cm³/mol. The molecule has 0 aliphatic carbocycles. The van der Waals surface area contributed by atoms with E-state index >= 15 is 0 Å². The fourth-order valence-corrected chi connectivity index (χ4v) is 3.43. The minimum absolute atomic E-state index is 0.0417. The molecule has 3 aromatic heterocycles. The first kappa shape index (κ1) is 21.3. The lowest BCUT2D eigenvalue weighted by atomic mass is 10.1. The van der Waals surface area contributed by atoms with Gasteiger partial charge in [-0.15, -0.1) is 10.2 Å². The van der Waals surface area contributed by atoms with Crippen LogP contribution in [-0.2, 0) is 0 Å². The van der Waals surface area contributed by atoms with E-state index in [0.29, 0.717) is 17.3 Å². The fourth-order valence-electron chi connectivity index (χ4n) is 3.43. The van der Waals surface area contributed by atoms with Crippen molar-refractivity contribution in [3.8, 4) is 28.7 Å². The molecule has 0 saturated carbocycles. The predicted octanol–water partition coefficient (Wildman–Crippen LogP) is 4.53. The van der Waals surface area contributed by atoms with Crippen LogP contribution in [0.25, 0.3) is 17.1 Å². The fraction of sp³-hybridized carbons (Fsp3) is 0.250. The van der Waals surface area contributed by atoms with E-state index in [0.717, 1.165) is 34.1 Å². The van der Waals surface area contributed by atoms with Gasteiger partial charge in [-0.1, -0.05) is 12.1 Å². The van der Waals surface area contributed by atoms with Gasteiger partial charge in [0.2, 0.25) is 5.88 Å². The van der Waals surface area contributed by atoms with E-state index in [9.17, 15) is 0 Å². The average molecular weight is 431 g/mol. The highest BCUT2D eigenvalue weighted by atomic mass is 16.5. The second-order valence-corrected chi connectivity index (χ2v) is 7.55. The molecule has 3 heterocycles. The molecule has 0 aliphatic rings. The summed E-state index contributed by atoms with van der Waals surface area (Å²) >= 11 is 0. The lowest BCUT2D eigenvalue weighted by Crippen LogP contribution is -2.10. The third-order valence-electron chi connectivity index (χ3n) is 5.22. The smallest absolute Gasteiger partial charge is 0.238 e. The third kappa shape index (κ3) is 4.39. The summed E-state index contributed by atoms with van der Waals surface area (Å²) in [6.07, 6.45) is 3.66. The number of imidazole rings is 1. The maximum atomic E-state index is 5.52. The molecule has 0 unspecified atom stereocenters. The molecule has 8 nitrogen and oxygen atoms in total. The summed E-state index contributed by atoms with van der Waals surface area (Å²) in [5.41, 5.74) is 5.17. The largest absolute Gasteiger partial charge is 0.497 e. The average Bonchev–Trinajstić information content (AvgIpc) is 3.25. The molecule has 0 saturated heterocycles. The van der Waals surface area contributed by atoms with Gasteiger partial charge < -0.3 is 19.4 Å². The number of benzene rings is 1. The van der Waals surface area contributed by atoms with Gasteiger partial charge in [-0.2, -0.15) is 0 Å². The van der Waals surface area contributed by atoms with Gasteiger partial charge in [0, 0.05) is 6.20 Å². The highest BCUT2D eigenvalue weighted by Gasteiger charge is 2.14. The number of hydrogen-bond acceptors (Lipinski definition) is 7. The molecule has 0 amide bonds. The third-order valence-corrected chi connectivity index (χ3v) is 5.22. The minimum Gasteiger partial charge on any atom is -0.497 e. The monoisotopic (exact) mass is 430 g/mol. The van der Waals surface area contributed by atoms with Crippen molar-refractivity contribution in [1.82, 2.24) is 24.7 Å². The molecule has 0 spiro atoms. The molecule has 0 aliphatic heterocycles. The lowest BCUT2D eigenvalue weighted by Gasteiger charge is -2.17. The molecule has 164 valence electrons. The first-order chi connectivity index (χ1) is 15.5. The summed E-state index contributed by atoms with van der Waals surface area (Å²) in [6, 6.07) is 13.8. The molecule has 4 rings (SSSR count). The van der Waals surface area contributed by atoms with Crippen LogP contribution in [0.15, 0.2) is 55.0 Å². The van der Waals surface area contributed by atoms with Crippen molar-refractivity contribution in [2.24, 2.45) is 0 Å². The van der Waals surface area contributed by atoms with Gasteiger partial charge in [0.25, 0.3) is 0 Å². The van der Waals surface area contributed by atoms with E-state index in [1.807, 2.05) is 61.0 Å². The number of nitrogens with zero attached hydrogens (tertiary/aromatic N) is 5. The Hall–Kier alpha value is -3.94. The number of aromatic nitrogens is 5. The number of aryl methyl sites for hydroxylation is 2. The van der Waals surface area contributed by atoms with E-state index in [1.54, 1.807) is 20.5 Å². The van der Waals surface area contributed by atoms with Crippen LogP contribution in [0.3, 0.4) is 0 Å². The Morgan fingerprint density at radius 1 is 0.969 bits per heavy atom. The van der Waals surface area contributed by atoms with Gasteiger partial charge >= 0.3 is 0 Å². The SMILES string of the molecule is COc1cccc([C@H](C)Nc2nnc(-c3ccc(-n4cnc(C)c4)c(OC)n3)cc2C)c1. The van der Waals surface area contributed by atoms with Crippen molar-refractivity contribution in [3.63, 3.8) is 0 Å². The maximum Gasteiger partial charge on any atom is 0.238 e. The molecule has 0 bridgehead atoms. The van der Waals surface area contributed by atoms with Gasteiger partial charge in [-0.3, -0.25) is 0 Å². The second-order valence-electron chi connectivity index (χ2n) is 7.55. The van der Waals surface area contributed by atoms with E-state index in [2.05, 4.69) is 38.5 Å². The van der Waals surface area contributed by atoms with E-state index in [4.69, 9.17) is 9.47 Å². The molecule has 1 N–H and O–H groups in total. The van der Waals surface area contributed by atoms with Crippen molar-refractivity contribution in [2.75, 3.05) is 19.5 Å². The molecule has 8 heteroatoms. The van der Waals surface area contributed by atoms with Crippen molar-refractivity contribution in [3.05, 3.63) is 71.8 Å². The Morgan fingerprint density at radius 2 is 1.81 bits per heavy atom. The van der Waals surface area contributed by atoms with Crippen LogP contribution >= 0.6 is 0 Å². The number of rotatable bonds is 7. The molecule has 0 fully saturated rings. The molecule has 0 radical (unpaired) electrons. The lowest BCUT2D eigenvalue weighted by molar-refractivity contribution is 0.396. The maximum absolute atomic E-state index is 5.52. The normalized spacial score (nSPS) is 11.8. The van der Waals surface area contributed by atoms with Crippen LogP contribution in [0.2, 0.25) is 0 Å². The highest BCUT2D eigenvalue weighted by Crippen LogP contribution is 2.28. The Morgan fingerprint density at radius 3 is 2.50 bits per heavy atom. The molecular weight excluding hydrogens is 404 g/mol. The summed E-state index contributed by atoms with van der Waals surface area (Å²) < 4.78 is 12.7. The zero-order chi connectivity index (χ0) is 22.7. The number of anilines is 1. The first-order valence-electron chi connectivity index (χ1n) is 10.3. The van der Waals surface area contributed by atoms with Crippen molar-refractivity contribution < 1.29 is 9.47 Å². The summed E-state index contributed by atoms with van der Waals surface area (Å²) in [6.45, 7) is 6.01. The van der Waals surface area contributed by atoms with Crippen molar-refractivity contribution >= 4 is 5.82 Å². The number of ether oxygens (including phenoxy) is 2. The standard InChI is InChI=1S/C24H26N6O2/c1-15-11-21(20-9-10-22(24(27-20)32-5)30-13-16(2)25-14-30)28-29-23(15)26-17(3)18-7-6-8-19(12-18)31-4/h6-14,17H,1-5H3,(H,26,29)/t17-/m0/s1. The van der Waals surface area contributed by atoms with Gasteiger partial charge in [-0.25, -0.2) is 9.97 Å². The van der Waals surface area contributed by atoms with Crippen LogP contribution in [-0.4, -0.2) is 39.0 Å². The second kappa shape index (κ2) is 9.05. The summed E-state index contributed by atoms with van der Waals surface area (Å²) in [4.78, 5) is 8.91. The van der Waals surface area contributed by atoms with Gasteiger partial charge in [0.05, 0.1) is 38.0 Å². The van der Waals surface area contributed by atoms with Gasteiger partial charge in [0.1, 0.15) is 17.1 Å². The van der Waals surface area contributed by atoms with E-state index in [1.165, 1.54) is 0 Å². The van der Waals surface area contributed by atoms with Crippen LogP contribution < -0.4 is 14.8 Å². The summed E-state index contributed by atoms with van der Waals surface area (Å²) in [7, 11) is 3.26. The Balaban J connectivity index is 1.57. The van der Waals surface area contributed by atoms with Crippen LogP contribution in [0.5, 0.6) is 11.6 Å². The molecule has 1 atom stereocenters. The number of nitrogens with one attached hydrogen (secondary N) is 1. The Kier molecular flexibility index (Phi) is 6.02. The molecule has 1 aromatic carbocycles. The highest BCUT2D eigenvalue weighted by molar-refractivity contribution is 5.61. The zero-order valence-electron chi connectivity index (χ0n) is 18.8. The molecule has 4 aromatic rings. The van der Waals surface area contributed by atoms with Crippen LogP contribution in [0, 0.1) is 13.8 Å². The van der Waals surface area contributed by atoms with Gasteiger partial charge in [-0.05, 0) is 62.2 Å². The first-order valence-corrected chi connectivity index (χ1v) is 10.3. The Bertz CT molecular complexity index is 1240. The van der Waals surface area contributed by atoms with Crippen LogP contribution in [0.4, 0.5) is 5.82 Å². The molecule has 32 heavy (non-hydrogen) atoms. The summed E-state index contributed by atoms with van der Waals surface area (Å²) in [5.74, 6) is 2.04. The minimum atomic E-state index is 0.0417. The topological polar surface area (TPSA) is 87.0 Å². The number of hydrogen-bond donors (Lipinski definition) is 1. The van der Waals surface area contributed by atoms with Gasteiger partial charge in [0.15, 0.2) is 5.82 Å². The zero-order valence-corrected chi connectivity index (χ0v) is 18.8. The van der Waals surface area contributed by atoms with Crippen LogP contribution in [0.1, 0.15) is 29.8 Å². The summed E-state index contributed by atoms with van der Waals surface area (Å²) in [5, 5.41) is 12.2. The van der Waals surface area contributed by atoms with E-state index in [-0.39, 0.29) is 6.04 Å².